The number of hydrogen-bond acceptors (Lipinski definition) is 3. The van der Waals surface area contributed by atoms with Gasteiger partial charge in [0.05, 0.1) is 12.2 Å². The lowest BCUT2D eigenvalue weighted by atomic mass is 9.92. The van der Waals surface area contributed by atoms with E-state index in [0.29, 0.717) is 13.0 Å². The number of carbonyl (C=O) groups excluding carboxylic acids is 1. The molecule has 1 heterocycles. The number of aryl methyl sites for hydroxylation is 2. The molecule has 1 atom stereocenters. The number of benzene rings is 1. The molecule has 0 unspecified atom stereocenters. The van der Waals surface area contributed by atoms with Gasteiger partial charge in [-0.3, -0.25) is 9.78 Å². The summed E-state index contributed by atoms with van der Waals surface area (Å²) in [6, 6.07) is 11.9. The molecule has 1 N–H and O–H groups in total. The zero-order chi connectivity index (χ0) is 16.8. The Bertz CT molecular complexity index is 685. The molecule has 0 bridgehead atoms. The lowest BCUT2D eigenvalue weighted by molar-refractivity contribution is -0.128. The molecular weight excluding hydrogens is 300 g/mol. The number of nitrogens with zero attached hydrogens (tertiary/aromatic N) is 1. The van der Waals surface area contributed by atoms with Crippen LogP contribution in [0, 0.1) is 0 Å². The predicted molar refractivity (Wildman–Crippen MR) is 93.9 cm³/mol. The quantitative estimate of drug-likeness (QED) is 0.885. The Morgan fingerprint density at radius 3 is 2.79 bits per heavy atom. The lowest BCUT2D eigenvalue weighted by Gasteiger charge is -2.20. The Morgan fingerprint density at radius 2 is 2.04 bits per heavy atom. The van der Waals surface area contributed by atoms with E-state index in [2.05, 4.69) is 22.4 Å². The van der Waals surface area contributed by atoms with Crippen LogP contribution in [-0.4, -0.2) is 17.0 Å². The highest BCUT2D eigenvalue weighted by Gasteiger charge is 2.19. The van der Waals surface area contributed by atoms with Gasteiger partial charge >= 0.3 is 0 Å². The van der Waals surface area contributed by atoms with E-state index < -0.39 is 6.10 Å². The largest absolute Gasteiger partial charge is 0.481 e. The second-order valence-electron chi connectivity index (χ2n) is 6.19. The third-order valence-electron chi connectivity index (χ3n) is 4.43. The Morgan fingerprint density at radius 1 is 1.21 bits per heavy atom. The fraction of sp³-hybridized carbons (Fsp3) is 0.400. The van der Waals surface area contributed by atoms with Crippen molar-refractivity contribution in [3.8, 4) is 5.75 Å². The molecule has 0 aliphatic heterocycles. The van der Waals surface area contributed by atoms with E-state index in [1.165, 1.54) is 24.0 Å². The first kappa shape index (κ1) is 16.5. The Labute approximate surface area is 143 Å². The Hall–Kier alpha value is -2.36. The molecule has 1 amide bonds. The number of carbonyl (C=O) groups is 1. The van der Waals surface area contributed by atoms with Gasteiger partial charge in [0.2, 0.25) is 0 Å². The van der Waals surface area contributed by atoms with Crippen LogP contribution in [0.1, 0.15) is 43.0 Å². The maximum Gasteiger partial charge on any atom is 0.261 e. The third kappa shape index (κ3) is 4.13. The first-order chi connectivity index (χ1) is 11.8. The molecule has 0 spiro atoms. The lowest BCUT2D eigenvalue weighted by Crippen LogP contribution is -2.37. The minimum absolute atomic E-state index is 0.0964. The molecule has 24 heavy (non-hydrogen) atoms. The number of aromatic nitrogens is 1. The van der Waals surface area contributed by atoms with Gasteiger partial charge in [-0.15, -0.1) is 0 Å². The number of nitrogens with one attached hydrogen (secondary N) is 1. The number of ether oxygens (including phenoxy) is 1. The Kier molecular flexibility index (Phi) is 5.47. The van der Waals surface area contributed by atoms with Gasteiger partial charge in [-0.2, -0.15) is 0 Å². The number of amides is 1. The van der Waals surface area contributed by atoms with E-state index in [1.807, 2.05) is 31.2 Å². The van der Waals surface area contributed by atoms with Gasteiger partial charge in [0, 0.05) is 6.20 Å². The highest BCUT2D eigenvalue weighted by atomic mass is 16.5. The zero-order valence-electron chi connectivity index (χ0n) is 14.1. The number of rotatable bonds is 6. The summed E-state index contributed by atoms with van der Waals surface area (Å²) in [5, 5.41) is 2.91. The van der Waals surface area contributed by atoms with Crippen LogP contribution >= 0.6 is 0 Å². The average molecular weight is 324 g/mol. The maximum atomic E-state index is 12.4. The van der Waals surface area contributed by atoms with Crippen molar-refractivity contribution in [2.45, 2.75) is 51.7 Å². The van der Waals surface area contributed by atoms with E-state index in [-0.39, 0.29) is 5.91 Å². The summed E-state index contributed by atoms with van der Waals surface area (Å²) in [6.07, 6.45) is 6.63. The van der Waals surface area contributed by atoms with Gasteiger partial charge < -0.3 is 10.1 Å². The fourth-order valence-corrected chi connectivity index (χ4v) is 3.06. The molecule has 3 rings (SSSR count). The van der Waals surface area contributed by atoms with Crippen LogP contribution in [0.25, 0.3) is 0 Å². The maximum absolute atomic E-state index is 12.4. The van der Waals surface area contributed by atoms with Crippen LogP contribution in [0.5, 0.6) is 5.75 Å². The number of fused-ring (bicyclic) bond motifs is 1. The van der Waals surface area contributed by atoms with Crippen molar-refractivity contribution < 1.29 is 9.53 Å². The summed E-state index contributed by atoms with van der Waals surface area (Å²) in [6.45, 7) is 2.38. The van der Waals surface area contributed by atoms with Crippen molar-refractivity contribution in [1.82, 2.24) is 10.3 Å². The van der Waals surface area contributed by atoms with E-state index in [4.69, 9.17) is 4.74 Å². The van der Waals surface area contributed by atoms with Crippen molar-refractivity contribution in [3.63, 3.8) is 0 Å². The standard InChI is InChI=1S/C20H24N2O2/c1-2-19(20(23)22-14-17-9-5-6-12-21-17)24-18-11-10-15-7-3-4-8-16(15)13-18/h5-6,9-13,19H,2-4,7-8,14H2,1H3,(H,22,23)/t19-/m1/s1. The number of pyridine rings is 1. The predicted octanol–water partition coefficient (Wildman–Crippen LogP) is 3.43. The van der Waals surface area contributed by atoms with Crippen molar-refractivity contribution in [3.05, 3.63) is 59.4 Å². The van der Waals surface area contributed by atoms with Crippen LogP contribution in [0.3, 0.4) is 0 Å². The van der Waals surface area contributed by atoms with Crippen LogP contribution in [-0.2, 0) is 24.2 Å². The smallest absolute Gasteiger partial charge is 0.261 e. The van der Waals surface area contributed by atoms with Gasteiger partial charge in [0.25, 0.3) is 5.91 Å². The zero-order valence-corrected chi connectivity index (χ0v) is 14.1. The molecule has 2 aromatic rings. The van der Waals surface area contributed by atoms with Crippen LogP contribution in [0.4, 0.5) is 0 Å². The van der Waals surface area contributed by atoms with Gasteiger partial charge in [-0.1, -0.05) is 19.1 Å². The van der Waals surface area contributed by atoms with Crippen LogP contribution < -0.4 is 10.1 Å². The van der Waals surface area contributed by atoms with Gasteiger partial charge in [0.1, 0.15) is 5.75 Å². The van der Waals surface area contributed by atoms with E-state index in [9.17, 15) is 4.79 Å². The molecule has 0 fully saturated rings. The summed E-state index contributed by atoms with van der Waals surface area (Å²) in [5.74, 6) is 0.691. The SMILES string of the molecule is CC[C@@H](Oc1ccc2c(c1)CCCC2)C(=O)NCc1ccccn1. The van der Waals surface area contributed by atoms with Crippen molar-refractivity contribution in [1.29, 1.82) is 0 Å². The van der Waals surface area contributed by atoms with Gasteiger partial charge in [-0.05, 0) is 67.5 Å². The first-order valence-electron chi connectivity index (χ1n) is 8.72. The minimum atomic E-state index is -0.477. The fourth-order valence-electron chi connectivity index (χ4n) is 3.06. The van der Waals surface area contributed by atoms with Crippen molar-refractivity contribution in [2.24, 2.45) is 0 Å². The molecule has 4 heteroatoms. The molecule has 4 nitrogen and oxygen atoms in total. The summed E-state index contributed by atoms with van der Waals surface area (Å²) >= 11 is 0. The molecule has 1 aromatic carbocycles. The van der Waals surface area contributed by atoms with Crippen molar-refractivity contribution >= 4 is 5.91 Å². The molecule has 0 saturated carbocycles. The molecule has 126 valence electrons. The first-order valence-corrected chi connectivity index (χ1v) is 8.72. The Balaban J connectivity index is 1.60. The van der Waals surface area contributed by atoms with Gasteiger partial charge in [0.15, 0.2) is 6.10 Å². The van der Waals surface area contributed by atoms with Crippen LogP contribution in [0.15, 0.2) is 42.6 Å². The normalized spacial score (nSPS) is 14.5. The summed E-state index contributed by atoms with van der Waals surface area (Å²) in [5.41, 5.74) is 3.62. The van der Waals surface area contributed by atoms with Crippen molar-refractivity contribution in [2.75, 3.05) is 0 Å². The van der Waals surface area contributed by atoms with Gasteiger partial charge in [-0.25, -0.2) is 0 Å². The van der Waals surface area contributed by atoms with E-state index in [1.54, 1.807) is 6.20 Å². The average Bonchev–Trinajstić information content (AvgIpc) is 2.65. The molecule has 1 aliphatic carbocycles. The molecule has 1 aliphatic rings. The molecule has 0 saturated heterocycles. The molecule has 1 aromatic heterocycles. The van der Waals surface area contributed by atoms with E-state index in [0.717, 1.165) is 24.3 Å². The minimum Gasteiger partial charge on any atom is -0.481 e. The highest BCUT2D eigenvalue weighted by Crippen LogP contribution is 2.26. The summed E-state index contributed by atoms with van der Waals surface area (Å²) in [4.78, 5) is 16.6. The monoisotopic (exact) mass is 324 g/mol. The molecule has 0 radical (unpaired) electrons. The molecular formula is C20H24N2O2. The number of hydrogen-bond donors (Lipinski definition) is 1. The highest BCUT2D eigenvalue weighted by molar-refractivity contribution is 5.81. The third-order valence-corrected chi connectivity index (χ3v) is 4.43. The van der Waals surface area contributed by atoms with Crippen LogP contribution in [0.2, 0.25) is 0 Å². The summed E-state index contributed by atoms with van der Waals surface area (Å²) in [7, 11) is 0. The second-order valence-corrected chi connectivity index (χ2v) is 6.19. The topological polar surface area (TPSA) is 51.2 Å². The summed E-state index contributed by atoms with van der Waals surface area (Å²) < 4.78 is 5.95. The van der Waals surface area contributed by atoms with E-state index >= 15 is 0 Å². The second kappa shape index (κ2) is 7.95.